The van der Waals surface area contributed by atoms with Crippen LogP contribution in [-0.4, -0.2) is 24.5 Å². The van der Waals surface area contributed by atoms with Crippen molar-refractivity contribution < 1.29 is 0 Å². The molecule has 2 bridgehead atoms. The van der Waals surface area contributed by atoms with Gasteiger partial charge in [-0.1, -0.05) is 42.2 Å². The van der Waals surface area contributed by atoms with Crippen LogP contribution in [0.3, 0.4) is 0 Å². The maximum atomic E-state index is 3.31. The molecule has 0 N–H and O–H groups in total. The van der Waals surface area contributed by atoms with E-state index in [-0.39, 0.29) is 0 Å². The second-order valence-corrected chi connectivity index (χ2v) is 4.89. The van der Waals surface area contributed by atoms with E-state index in [0.717, 1.165) is 12.1 Å². The van der Waals surface area contributed by atoms with E-state index in [1.54, 1.807) is 0 Å². The van der Waals surface area contributed by atoms with E-state index in [9.17, 15) is 0 Å². The Labute approximate surface area is 103 Å². The Morgan fingerprint density at radius 2 is 2.18 bits per heavy atom. The van der Waals surface area contributed by atoms with Crippen LogP contribution in [0.2, 0.25) is 0 Å². The lowest BCUT2D eigenvalue weighted by Crippen LogP contribution is -2.35. The third-order valence-corrected chi connectivity index (χ3v) is 3.58. The first kappa shape index (κ1) is 10.6. The quantitative estimate of drug-likeness (QED) is 0.611. The predicted molar refractivity (Wildman–Crippen MR) is 71.5 cm³/mol. The highest BCUT2D eigenvalue weighted by atomic mass is 15.1. The molecular formula is C16H17N. The Morgan fingerprint density at radius 3 is 3.18 bits per heavy atom. The zero-order valence-corrected chi connectivity index (χ0v) is 10.0. The standard InChI is InChI=1S/C16H17N/c1-2-7-16-10-9-14-5-3-11-17(13-14)12-4-8-15(16)6-1/h1-2,6-7,9-10,14H,3,5,11-13H2/t14-/m1/s1. The molecule has 0 radical (unpaired) electrons. The van der Waals surface area contributed by atoms with E-state index in [1.807, 2.05) is 0 Å². The van der Waals surface area contributed by atoms with Crippen molar-refractivity contribution in [2.24, 2.45) is 5.92 Å². The minimum atomic E-state index is 0.705. The van der Waals surface area contributed by atoms with Crippen LogP contribution in [0, 0.1) is 17.8 Å². The molecule has 3 rings (SSSR count). The van der Waals surface area contributed by atoms with E-state index in [4.69, 9.17) is 0 Å². The number of piperidine rings is 1. The van der Waals surface area contributed by atoms with Gasteiger partial charge >= 0.3 is 0 Å². The third kappa shape index (κ3) is 2.43. The van der Waals surface area contributed by atoms with Crippen LogP contribution < -0.4 is 0 Å². The Morgan fingerprint density at radius 1 is 1.24 bits per heavy atom. The SMILES string of the molecule is C1#Cc2ccccc2C=C[C@H]2CCCN(C1)C2. The summed E-state index contributed by atoms with van der Waals surface area (Å²) in [5, 5.41) is 0. The number of hydrogen-bond donors (Lipinski definition) is 0. The molecule has 0 amide bonds. The molecule has 1 nitrogen and oxygen atoms in total. The molecule has 17 heavy (non-hydrogen) atoms. The fraction of sp³-hybridized carbons (Fsp3) is 0.375. The van der Waals surface area contributed by atoms with Crippen molar-refractivity contribution in [2.45, 2.75) is 12.8 Å². The summed E-state index contributed by atoms with van der Waals surface area (Å²) in [7, 11) is 0. The molecule has 2 atom stereocenters. The number of hydrogen-bond acceptors (Lipinski definition) is 1. The summed E-state index contributed by atoms with van der Waals surface area (Å²) in [5.74, 6) is 7.31. The minimum absolute atomic E-state index is 0.705. The predicted octanol–water partition coefficient (Wildman–Crippen LogP) is 2.78. The molecule has 2 heterocycles. The number of rotatable bonds is 0. The van der Waals surface area contributed by atoms with Crippen LogP contribution in [0.4, 0.5) is 0 Å². The summed E-state index contributed by atoms with van der Waals surface area (Å²) < 4.78 is 0. The monoisotopic (exact) mass is 223 g/mol. The highest BCUT2D eigenvalue weighted by Gasteiger charge is 2.17. The average molecular weight is 223 g/mol. The van der Waals surface area contributed by atoms with Gasteiger partial charge in [-0.2, -0.15) is 0 Å². The maximum absolute atomic E-state index is 3.31. The zero-order valence-electron chi connectivity index (χ0n) is 10.0. The van der Waals surface area contributed by atoms with Crippen molar-refractivity contribution in [2.75, 3.05) is 19.6 Å². The van der Waals surface area contributed by atoms with Gasteiger partial charge in [0.2, 0.25) is 0 Å². The smallest absolute Gasteiger partial charge is 0.0605 e. The highest BCUT2D eigenvalue weighted by Crippen LogP contribution is 2.20. The van der Waals surface area contributed by atoms with E-state index >= 15 is 0 Å². The van der Waals surface area contributed by atoms with Gasteiger partial charge in [-0.3, -0.25) is 4.90 Å². The summed E-state index contributed by atoms with van der Waals surface area (Å²) in [5.41, 5.74) is 2.42. The first-order chi connectivity index (χ1) is 8.42. The summed E-state index contributed by atoms with van der Waals surface area (Å²) >= 11 is 0. The molecule has 86 valence electrons. The molecule has 2 aliphatic rings. The normalized spacial score (nSPS) is 26.6. The first-order valence-electron chi connectivity index (χ1n) is 6.40. The maximum Gasteiger partial charge on any atom is 0.0605 e. The van der Waals surface area contributed by atoms with Crippen LogP contribution in [-0.2, 0) is 0 Å². The van der Waals surface area contributed by atoms with E-state index < -0.39 is 0 Å². The average Bonchev–Trinajstić information content (AvgIpc) is 2.38. The van der Waals surface area contributed by atoms with Crippen LogP contribution in [0.25, 0.3) is 6.08 Å². The van der Waals surface area contributed by atoms with Gasteiger partial charge in [-0.05, 0) is 36.9 Å². The van der Waals surface area contributed by atoms with Gasteiger partial charge in [-0.25, -0.2) is 0 Å². The molecule has 0 aromatic heterocycles. The Hall–Kier alpha value is -1.52. The molecule has 1 saturated heterocycles. The molecule has 1 aromatic carbocycles. The van der Waals surface area contributed by atoms with Crippen molar-refractivity contribution in [1.29, 1.82) is 0 Å². The minimum Gasteiger partial charge on any atom is -0.292 e. The largest absolute Gasteiger partial charge is 0.292 e. The molecule has 0 spiro atoms. The summed E-state index contributed by atoms with van der Waals surface area (Å²) in [6.45, 7) is 3.30. The molecule has 1 unspecified atom stereocenters. The van der Waals surface area contributed by atoms with Gasteiger partial charge in [0, 0.05) is 12.1 Å². The van der Waals surface area contributed by atoms with Gasteiger partial charge < -0.3 is 0 Å². The van der Waals surface area contributed by atoms with Crippen molar-refractivity contribution in [3.63, 3.8) is 0 Å². The summed E-state index contributed by atoms with van der Waals surface area (Å²) in [4.78, 5) is 2.47. The molecular weight excluding hydrogens is 206 g/mol. The summed E-state index contributed by atoms with van der Waals surface area (Å²) in [6, 6.07) is 8.42. The van der Waals surface area contributed by atoms with Crippen molar-refractivity contribution in [3.8, 4) is 11.8 Å². The Kier molecular flexibility index (Phi) is 2.98. The van der Waals surface area contributed by atoms with Gasteiger partial charge in [0.1, 0.15) is 0 Å². The highest BCUT2D eigenvalue weighted by molar-refractivity contribution is 5.59. The Bertz CT molecular complexity index is 490. The van der Waals surface area contributed by atoms with Crippen molar-refractivity contribution in [3.05, 3.63) is 41.5 Å². The van der Waals surface area contributed by atoms with Crippen LogP contribution in [0.1, 0.15) is 24.0 Å². The van der Waals surface area contributed by atoms with Crippen LogP contribution in [0.15, 0.2) is 30.3 Å². The van der Waals surface area contributed by atoms with E-state index in [1.165, 1.54) is 31.5 Å². The molecule has 1 heteroatoms. The number of fused-ring (bicyclic) bond motifs is 3. The molecule has 0 aliphatic carbocycles. The van der Waals surface area contributed by atoms with Crippen LogP contribution >= 0.6 is 0 Å². The fourth-order valence-electron chi connectivity index (χ4n) is 2.63. The molecule has 0 saturated carbocycles. The second kappa shape index (κ2) is 4.77. The van der Waals surface area contributed by atoms with E-state index in [0.29, 0.717) is 5.92 Å². The molecule has 1 aromatic rings. The lowest BCUT2D eigenvalue weighted by molar-refractivity contribution is 0.219. The summed E-state index contributed by atoms with van der Waals surface area (Å²) in [6.07, 6.45) is 7.25. The van der Waals surface area contributed by atoms with Gasteiger partial charge in [0.05, 0.1) is 6.54 Å². The van der Waals surface area contributed by atoms with Crippen LogP contribution in [0.5, 0.6) is 0 Å². The third-order valence-electron chi connectivity index (χ3n) is 3.58. The first-order valence-corrected chi connectivity index (χ1v) is 6.40. The van der Waals surface area contributed by atoms with Crippen molar-refractivity contribution in [1.82, 2.24) is 4.90 Å². The lowest BCUT2D eigenvalue weighted by atomic mass is 9.95. The number of benzene rings is 1. The topological polar surface area (TPSA) is 3.24 Å². The van der Waals surface area contributed by atoms with Gasteiger partial charge in [0.15, 0.2) is 0 Å². The fourth-order valence-corrected chi connectivity index (χ4v) is 2.63. The lowest BCUT2D eigenvalue weighted by Gasteiger charge is -2.30. The van der Waals surface area contributed by atoms with Gasteiger partial charge in [-0.15, -0.1) is 0 Å². The van der Waals surface area contributed by atoms with Crippen molar-refractivity contribution >= 4 is 6.08 Å². The van der Waals surface area contributed by atoms with Gasteiger partial charge in [0.25, 0.3) is 0 Å². The Balaban J connectivity index is 1.98. The molecule has 1 fully saturated rings. The zero-order chi connectivity index (χ0) is 11.5. The van der Waals surface area contributed by atoms with E-state index in [2.05, 4.69) is 53.2 Å². The molecule has 2 aliphatic heterocycles. The number of nitrogens with zero attached hydrogens (tertiary/aromatic N) is 1. The second-order valence-electron chi connectivity index (χ2n) is 4.89.